The molecule has 1 aliphatic heterocycles. The monoisotopic (exact) mass is 194 g/mol. The van der Waals surface area contributed by atoms with Crippen molar-refractivity contribution in [3.05, 3.63) is 0 Å². The highest BCUT2D eigenvalue weighted by Crippen LogP contribution is 2.21. The van der Waals surface area contributed by atoms with Gasteiger partial charge in [0, 0.05) is 20.1 Å². The molecular weight excluding hydrogens is 180 g/mol. The molecule has 72 valence electrons. The molecule has 1 aliphatic rings. The zero-order valence-corrected chi connectivity index (χ0v) is 8.06. The number of β-amino-alcohol motifs (C(OH)–C–C–N with tert-alkyl or cyclic N) is 1. The van der Waals surface area contributed by atoms with Gasteiger partial charge in [0.05, 0.1) is 5.60 Å². The van der Waals surface area contributed by atoms with Gasteiger partial charge in [-0.3, -0.25) is 0 Å². The van der Waals surface area contributed by atoms with E-state index < -0.39 is 15.8 Å². The fraction of sp³-hybridized carbons (Fsp3) is 1.00. The minimum absolute atomic E-state index is 0.177. The molecule has 0 amide bonds. The van der Waals surface area contributed by atoms with E-state index in [0.29, 0.717) is 13.0 Å². The van der Waals surface area contributed by atoms with Gasteiger partial charge in [-0.2, -0.15) is 12.7 Å². The van der Waals surface area contributed by atoms with Gasteiger partial charge in [0.2, 0.25) is 0 Å². The second-order valence-electron chi connectivity index (χ2n) is 3.29. The largest absolute Gasteiger partial charge is 0.389 e. The average Bonchev–Trinajstić information content (AvgIpc) is 2.31. The van der Waals surface area contributed by atoms with Crippen LogP contribution in [0.25, 0.3) is 0 Å². The molecule has 1 fully saturated rings. The second kappa shape index (κ2) is 2.95. The topological polar surface area (TPSA) is 69.6 Å². The first-order valence-corrected chi connectivity index (χ1v) is 5.22. The molecule has 0 saturated carbocycles. The van der Waals surface area contributed by atoms with Crippen LogP contribution in [0.3, 0.4) is 0 Å². The molecule has 5 nitrogen and oxygen atoms in total. The number of nitrogens with one attached hydrogen (secondary N) is 1. The summed E-state index contributed by atoms with van der Waals surface area (Å²) in [5, 5.41) is 9.49. The molecule has 0 bridgehead atoms. The smallest absolute Gasteiger partial charge is 0.279 e. The summed E-state index contributed by atoms with van der Waals surface area (Å²) < 4.78 is 25.8. The number of nitrogens with zero attached hydrogens (tertiary/aromatic N) is 1. The normalized spacial score (nSPS) is 32.6. The van der Waals surface area contributed by atoms with Crippen LogP contribution in [-0.4, -0.2) is 43.6 Å². The Morgan fingerprint density at radius 2 is 2.17 bits per heavy atom. The quantitative estimate of drug-likeness (QED) is 0.586. The predicted octanol–water partition coefficient (Wildman–Crippen LogP) is -1.09. The minimum Gasteiger partial charge on any atom is -0.389 e. The third kappa shape index (κ3) is 1.95. The van der Waals surface area contributed by atoms with Crippen LogP contribution in [0.5, 0.6) is 0 Å². The van der Waals surface area contributed by atoms with Crippen LogP contribution >= 0.6 is 0 Å². The van der Waals surface area contributed by atoms with Gasteiger partial charge in [0.15, 0.2) is 0 Å². The van der Waals surface area contributed by atoms with Gasteiger partial charge in [0.25, 0.3) is 10.2 Å². The SMILES string of the molecule is CNS(=O)(=O)N1CCC(C)(O)C1. The van der Waals surface area contributed by atoms with Crippen molar-refractivity contribution in [2.45, 2.75) is 18.9 Å². The Balaban J connectivity index is 2.71. The van der Waals surface area contributed by atoms with Crippen LogP contribution < -0.4 is 4.72 Å². The molecule has 1 rings (SSSR count). The fourth-order valence-electron chi connectivity index (χ4n) is 1.24. The zero-order chi connectivity index (χ0) is 9.41. The van der Waals surface area contributed by atoms with E-state index in [1.807, 2.05) is 0 Å². The number of aliphatic hydroxyl groups is 1. The van der Waals surface area contributed by atoms with E-state index in [1.54, 1.807) is 6.92 Å². The molecule has 1 unspecified atom stereocenters. The number of rotatable bonds is 2. The molecule has 6 heteroatoms. The summed E-state index contributed by atoms with van der Waals surface area (Å²) in [4.78, 5) is 0. The van der Waals surface area contributed by atoms with E-state index in [9.17, 15) is 13.5 Å². The summed E-state index contributed by atoms with van der Waals surface area (Å²) in [6.07, 6.45) is 0.494. The summed E-state index contributed by atoms with van der Waals surface area (Å²) in [7, 11) is -1.98. The lowest BCUT2D eigenvalue weighted by atomic mass is 10.1. The summed E-state index contributed by atoms with van der Waals surface area (Å²) in [5.74, 6) is 0. The van der Waals surface area contributed by atoms with E-state index in [2.05, 4.69) is 4.72 Å². The van der Waals surface area contributed by atoms with Gasteiger partial charge in [-0.25, -0.2) is 4.72 Å². The minimum atomic E-state index is -3.35. The second-order valence-corrected chi connectivity index (χ2v) is 5.16. The molecule has 1 saturated heterocycles. The van der Waals surface area contributed by atoms with Crippen LogP contribution in [0.1, 0.15) is 13.3 Å². The van der Waals surface area contributed by atoms with Gasteiger partial charge in [-0.15, -0.1) is 0 Å². The Bertz CT molecular complexity index is 260. The molecule has 0 aromatic rings. The van der Waals surface area contributed by atoms with Crippen molar-refractivity contribution in [2.24, 2.45) is 0 Å². The standard InChI is InChI=1S/C6H14N2O3S/c1-6(9)3-4-8(5-6)12(10,11)7-2/h7,9H,3-5H2,1-2H3. The highest BCUT2D eigenvalue weighted by Gasteiger charge is 2.36. The number of hydrogen-bond donors (Lipinski definition) is 2. The van der Waals surface area contributed by atoms with Crippen molar-refractivity contribution in [1.82, 2.24) is 9.03 Å². The molecule has 1 heterocycles. The van der Waals surface area contributed by atoms with Crippen molar-refractivity contribution in [3.63, 3.8) is 0 Å². The van der Waals surface area contributed by atoms with Gasteiger partial charge in [-0.1, -0.05) is 0 Å². The van der Waals surface area contributed by atoms with Gasteiger partial charge >= 0.3 is 0 Å². The third-order valence-electron chi connectivity index (χ3n) is 2.01. The lowest BCUT2D eigenvalue weighted by Crippen LogP contribution is -2.39. The maximum absolute atomic E-state index is 11.2. The van der Waals surface area contributed by atoms with Crippen LogP contribution in [-0.2, 0) is 10.2 Å². The van der Waals surface area contributed by atoms with Crippen LogP contribution in [0.15, 0.2) is 0 Å². The summed E-state index contributed by atoms with van der Waals surface area (Å²) >= 11 is 0. The summed E-state index contributed by atoms with van der Waals surface area (Å²) in [6, 6.07) is 0. The first-order valence-electron chi connectivity index (χ1n) is 3.78. The van der Waals surface area contributed by atoms with Crippen molar-refractivity contribution in [1.29, 1.82) is 0 Å². The van der Waals surface area contributed by atoms with Crippen LogP contribution in [0, 0.1) is 0 Å². The highest BCUT2D eigenvalue weighted by molar-refractivity contribution is 7.87. The Kier molecular flexibility index (Phi) is 2.44. The molecule has 1 atom stereocenters. The molecule has 0 aromatic heterocycles. The van der Waals surface area contributed by atoms with Crippen LogP contribution in [0.2, 0.25) is 0 Å². The Hall–Kier alpha value is -0.170. The van der Waals surface area contributed by atoms with E-state index in [1.165, 1.54) is 11.4 Å². The average molecular weight is 194 g/mol. The van der Waals surface area contributed by atoms with Gasteiger partial charge < -0.3 is 5.11 Å². The summed E-state index contributed by atoms with van der Waals surface area (Å²) in [6.45, 7) is 2.20. The highest BCUT2D eigenvalue weighted by atomic mass is 32.2. The lowest BCUT2D eigenvalue weighted by molar-refractivity contribution is 0.0762. The van der Waals surface area contributed by atoms with Crippen molar-refractivity contribution >= 4 is 10.2 Å². The number of hydrogen-bond acceptors (Lipinski definition) is 3. The van der Waals surface area contributed by atoms with E-state index in [0.717, 1.165) is 0 Å². The van der Waals surface area contributed by atoms with Crippen molar-refractivity contribution < 1.29 is 13.5 Å². The maximum atomic E-state index is 11.2. The maximum Gasteiger partial charge on any atom is 0.279 e. The van der Waals surface area contributed by atoms with Gasteiger partial charge in [0.1, 0.15) is 0 Å². The first kappa shape index (κ1) is 9.91. The molecular formula is C6H14N2O3S. The molecule has 2 N–H and O–H groups in total. The van der Waals surface area contributed by atoms with Gasteiger partial charge in [-0.05, 0) is 13.3 Å². The third-order valence-corrected chi connectivity index (χ3v) is 3.52. The molecule has 0 aliphatic carbocycles. The van der Waals surface area contributed by atoms with Crippen LogP contribution in [0.4, 0.5) is 0 Å². The predicted molar refractivity (Wildman–Crippen MR) is 44.8 cm³/mol. The van der Waals surface area contributed by atoms with E-state index >= 15 is 0 Å². The van der Waals surface area contributed by atoms with Crippen molar-refractivity contribution in [3.8, 4) is 0 Å². The molecule has 0 spiro atoms. The molecule has 0 radical (unpaired) electrons. The van der Waals surface area contributed by atoms with E-state index in [4.69, 9.17) is 0 Å². The summed E-state index contributed by atoms with van der Waals surface area (Å²) in [5.41, 5.74) is -0.871. The Morgan fingerprint density at radius 3 is 2.50 bits per heavy atom. The first-order chi connectivity index (χ1) is 5.37. The molecule has 0 aromatic carbocycles. The molecule has 12 heavy (non-hydrogen) atoms. The van der Waals surface area contributed by atoms with E-state index in [-0.39, 0.29) is 6.54 Å². The Morgan fingerprint density at radius 1 is 1.58 bits per heavy atom. The fourth-order valence-corrected chi connectivity index (χ4v) is 2.28. The Labute approximate surface area is 72.6 Å². The lowest BCUT2D eigenvalue weighted by Gasteiger charge is -2.17. The zero-order valence-electron chi connectivity index (χ0n) is 7.24. The van der Waals surface area contributed by atoms with Crippen molar-refractivity contribution in [2.75, 3.05) is 20.1 Å².